The average molecular weight is 220 g/mol. The molecule has 1 fully saturated rings. The number of rotatable bonds is 4. The summed E-state index contributed by atoms with van der Waals surface area (Å²) in [5.74, 6) is 0.239. The van der Waals surface area contributed by atoms with Crippen LogP contribution in [-0.2, 0) is 10.0 Å². The summed E-state index contributed by atoms with van der Waals surface area (Å²) in [6.45, 7) is 4.87. The molecule has 0 bridgehead atoms. The maximum atomic E-state index is 11.9. The number of hydrogen-bond acceptors (Lipinski definition) is 3. The summed E-state index contributed by atoms with van der Waals surface area (Å²) >= 11 is 0. The van der Waals surface area contributed by atoms with E-state index in [1.807, 2.05) is 13.8 Å². The molecule has 1 aliphatic rings. The fourth-order valence-corrected chi connectivity index (χ4v) is 4.03. The van der Waals surface area contributed by atoms with Gasteiger partial charge in [0.1, 0.15) is 0 Å². The molecular weight excluding hydrogens is 200 g/mol. The minimum Gasteiger partial charge on any atom is -0.329 e. The molecule has 1 aliphatic heterocycles. The predicted octanol–water partition coefficient (Wildman–Crippen LogP) is 0.539. The minimum atomic E-state index is -3.08. The van der Waals surface area contributed by atoms with Crippen LogP contribution in [0.2, 0.25) is 0 Å². The summed E-state index contributed by atoms with van der Waals surface area (Å²) in [6, 6.07) is 0. The molecule has 1 heterocycles. The first-order valence-electron chi connectivity index (χ1n) is 5.17. The third kappa shape index (κ3) is 2.10. The van der Waals surface area contributed by atoms with Gasteiger partial charge in [0.2, 0.25) is 10.0 Å². The lowest BCUT2D eigenvalue weighted by molar-refractivity contribution is 0.274. The predicted molar refractivity (Wildman–Crippen MR) is 57.5 cm³/mol. The molecule has 0 aromatic carbocycles. The van der Waals surface area contributed by atoms with Gasteiger partial charge in [0.05, 0.1) is 5.75 Å². The summed E-state index contributed by atoms with van der Waals surface area (Å²) in [6.07, 6.45) is 2.47. The van der Waals surface area contributed by atoms with Crippen LogP contribution in [0, 0.1) is 0 Å². The monoisotopic (exact) mass is 220 g/mol. The summed E-state index contributed by atoms with van der Waals surface area (Å²) < 4.78 is 25.4. The number of nitrogens with zero attached hydrogens (tertiary/aromatic N) is 1. The second-order valence-electron chi connectivity index (χ2n) is 4.19. The Morgan fingerprint density at radius 1 is 1.50 bits per heavy atom. The maximum Gasteiger partial charge on any atom is 0.214 e. The van der Waals surface area contributed by atoms with Gasteiger partial charge in [-0.3, -0.25) is 0 Å². The highest BCUT2D eigenvalue weighted by atomic mass is 32.2. The van der Waals surface area contributed by atoms with Crippen molar-refractivity contribution in [1.82, 2.24) is 4.31 Å². The van der Waals surface area contributed by atoms with Gasteiger partial charge < -0.3 is 5.73 Å². The van der Waals surface area contributed by atoms with E-state index in [4.69, 9.17) is 5.73 Å². The molecule has 4 nitrogen and oxygen atoms in total. The van der Waals surface area contributed by atoms with Gasteiger partial charge in [-0.2, -0.15) is 4.31 Å². The third-order valence-electron chi connectivity index (χ3n) is 2.92. The summed E-state index contributed by atoms with van der Waals surface area (Å²) in [7, 11) is -3.08. The second kappa shape index (κ2) is 4.16. The molecule has 0 spiro atoms. The van der Waals surface area contributed by atoms with Crippen LogP contribution in [-0.4, -0.2) is 37.1 Å². The topological polar surface area (TPSA) is 63.4 Å². The van der Waals surface area contributed by atoms with Gasteiger partial charge in [0.25, 0.3) is 0 Å². The van der Waals surface area contributed by atoms with E-state index < -0.39 is 10.0 Å². The van der Waals surface area contributed by atoms with E-state index in [2.05, 4.69) is 0 Å². The molecule has 0 aromatic rings. The smallest absolute Gasteiger partial charge is 0.214 e. The largest absolute Gasteiger partial charge is 0.329 e. The molecule has 0 radical (unpaired) electrons. The van der Waals surface area contributed by atoms with Crippen LogP contribution >= 0.6 is 0 Å². The van der Waals surface area contributed by atoms with E-state index >= 15 is 0 Å². The van der Waals surface area contributed by atoms with Crippen LogP contribution in [0.15, 0.2) is 0 Å². The second-order valence-corrected chi connectivity index (χ2v) is 6.21. The molecule has 14 heavy (non-hydrogen) atoms. The molecule has 0 aromatic heterocycles. The Kier molecular flexibility index (Phi) is 3.55. The molecule has 5 heteroatoms. The van der Waals surface area contributed by atoms with E-state index in [0.717, 1.165) is 12.8 Å². The molecule has 1 saturated heterocycles. The van der Waals surface area contributed by atoms with Crippen molar-refractivity contribution in [3.05, 3.63) is 0 Å². The molecule has 84 valence electrons. The summed E-state index contributed by atoms with van der Waals surface area (Å²) in [5, 5.41) is 0. The maximum absolute atomic E-state index is 11.9. The van der Waals surface area contributed by atoms with Crippen LogP contribution in [0.4, 0.5) is 0 Å². The number of sulfonamides is 1. The quantitative estimate of drug-likeness (QED) is 0.752. The number of hydrogen-bond donors (Lipinski definition) is 1. The van der Waals surface area contributed by atoms with Crippen molar-refractivity contribution in [3.8, 4) is 0 Å². The Bertz CT molecular complexity index is 289. The fraction of sp³-hybridized carbons (Fsp3) is 1.00. The highest BCUT2D eigenvalue weighted by molar-refractivity contribution is 7.89. The first kappa shape index (κ1) is 11.9. The van der Waals surface area contributed by atoms with Gasteiger partial charge >= 0.3 is 0 Å². The van der Waals surface area contributed by atoms with Gasteiger partial charge in [0.15, 0.2) is 0 Å². The zero-order chi connectivity index (χ0) is 10.8. The fourth-order valence-electron chi connectivity index (χ4n) is 2.05. The molecule has 0 amide bonds. The van der Waals surface area contributed by atoms with Crippen molar-refractivity contribution in [3.63, 3.8) is 0 Å². The minimum absolute atomic E-state index is 0.239. The van der Waals surface area contributed by atoms with E-state index in [-0.39, 0.29) is 11.3 Å². The highest BCUT2D eigenvalue weighted by Gasteiger charge is 2.41. The lowest BCUT2D eigenvalue weighted by Crippen LogP contribution is -2.50. The van der Waals surface area contributed by atoms with Crippen LogP contribution in [0.3, 0.4) is 0 Å². The lowest BCUT2D eigenvalue weighted by atomic mass is 10.0. The van der Waals surface area contributed by atoms with Crippen molar-refractivity contribution in [2.45, 2.75) is 38.6 Å². The summed E-state index contributed by atoms with van der Waals surface area (Å²) in [5.41, 5.74) is 5.31. The SMILES string of the molecule is CCCS(=O)(=O)N1CCCC1(C)CN. The molecule has 0 aliphatic carbocycles. The van der Waals surface area contributed by atoms with Crippen molar-refractivity contribution >= 4 is 10.0 Å². The van der Waals surface area contributed by atoms with Crippen molar-refractivity contribution in [2.24, 2.45) is 5.73 Å². The van der Waals surface area contributed by atoms with Crippen molar-refractivity contribution < 1.29 is 8.42 Å². The van der Waals surface area contributed by atoms with Crippen molar-refractivity contribution in [1.29, 1.82) is 0 Å². The number of nitrogens with two attached hydrogens (primary N) is 1. The van der Waals surface area contributed by atoms with Crippen LogP contribution in [0.25, 0.3) is 0 Å². The molecule has 2 N–H and O–H groups in total. The third-order valence-corrected chi connectivity index (χ3v) is 5.14. The molecule has 1 atom stereocenters. The average Bonchev–Trinajstić information content (AvgIpc) is 2.49. The Hall–Kier alpha value is -0.130. The molecule has 0 saturated carbocycles. The van der Waals surface area contributed by atoms with E-state index in [9.17, 15) is 8.42 Å². The summed E-state index contributed by atoms with van der Waals surface area (Å²) in [4.78, 5) is 0. The van der Waals surface area contributed by atoms with Crippen LogP contribution in [0.1, 0.15) is 33.1 Å². The van der Waals surface area contributed by atoms with E-state index in [0.29, 0.717) is 19.5 Å². The molecule has 1 unspecified atom stereocenters. The zero-order valence-electron chi connectivity index (χ0n) is 8.99. The Balaban J connectivity index is 2.87. The normalized spacial score (nSPS) is 29.6. The standard InChI is InChI=1S/C9H20N2O2S/c1-3-7-14(12,13)11-6-4-5-9(11,2)8-10/h3-8,10H2,1-2H3. The van der Waals surface area contributed by atoms with Gasteiger partial charge in [-0.25, -0.2) is 8.42 Å². The van der Waals surface area contributed by atoms with E-state index in [1.54, 1.807) is 4.31 Å². The highest BCUT2D eigenvalue weighted by Crippen LogP contribution is 2.30. The molecular formula is C9H20N2O2S. The Morgan fingerprint density at radius 3 is 2.64 bits per heavy atom. The molecule has 1 rings (SSSR count). The van der Waals surface area contributed by atoms with Crippen molar-refractivity contribution in [2.75, 3.05) is 18.8 Å². The van der Waals surface area contributed by atoms with Gasteiger partial charge in [0, 0.05) is 18.6 Å². The lowest BCUT2D eigenvalue weighted by Gasteiger charge is -2.32. The van der Waals surface area contributed by atoms with E-state index in [1.165, 1.54) is 0 Å². The van der Waals surface area contributed by atoms with Gasteiger partial charge in [-0.15, -0.1) is 0 Å². The Labute approximate surface area is 86.5 Å². The first-order valence-corrected chi connectivity index (χ1v) is 6.78. The Morgan fingerprint density at radius 2 is 2.14 bits per heavy atom. The van der Waals surface area contributed by atoms with Gasteiger partial charge in [-0.1, -0.05) is 6.92 Å². The van der Waals surface area contributed by atoms with Gasteiger partial charge in [-0.05, 0) is 26.2 Å². The van der Waals surface area contributed by atoms with Crippen LogP contribution < -0.4 is 5.73 Å². The first-order chi connectivity index (χ1) is 6.46. The van der Waals surface area contributed by atoms with Crippen LogP contribution in [0.5, 0.6) is 0 Å². The zero-order valence-corrected chi connectivity index (χ0v) is 9.81.